The minimum atomic E-state index is 0.248. The van der Waals surface area contributed by atoms with Gasteiger partial charge in [0.15, 0.2) is 0 Å². The minimum absolute atomic E-state index is 0.248. The zero-order valence-electron chi connectivity index (χ0n) is 12.7. The number of likely N-dealkylation sites (tertiary alicyclic amines) is 1. The minimum Gasteiger partial charge on any atom is -0.341 e. The third-order valence-corrected chi connectivity index (χ3v) is 4.03. The van der Waals surface area contributed by atoms with Crippen LogP contribution in [0, 0.1) is 6.92 Å². The van der Waals surface area contributed by atoms with Crippen molar-refractivity contribution in [3.8, 4) is 0 Å². The van der Waals surface area contributed by atoms with Crippen LogP contribution >= 0.6 is 0 Å². The van der Waals surface area contributed by atoms with Crippen LogP contribution in [0.1, 0.15) is 49.8 Å². The number of piperidine rings is 1. The van der Waals surface area contributed by atoms with Gasteiger partial charge in [-0.05, 0) is 43.9 Å². The van der Waals surface area contributed by atoms with Gasteiger partial charge in [0.1, 0.15) is 0 Å². The van der Waals surface area contributed by atoms with E-state index in [1.54, 1.807) is 0 Å². The van der Waals surface area contributed by atoms with E-state index >= 15 is 0 Å². The Balaban J connectivity index is 2.11. The Morgan fingerprint density at radius 2 is 2.10 bits per heavy atom. The summed E-state index contributed by atoms with van der Waals surface area (Å²) in [5, 5.41) is 3.60. The summed E-state index contributed by atoms with van der Waals surface area (Å²) in [4.78, 5) is 14.0. The highest BCUT2D eigenvalue weighted by molar-refractivity contribution is 5.76. The largest absolute Gasteiger partial charge is 0.341 e. The third-order valence-electron chi connectivity index (χ3n) is 4.03. The molecule has 0 saturated carbocycles. The molecule has 3 nitrogen and oxygen atoms in total. The summed E-state index contributed by atoms with van der Waals surface area (Å²) < 4.78 is 0. The quantitative estimate of drug-likeness (QED) is 0.864. The standard InChI is InChI=1S/C17H26N2O/c1-3-11-18-16(15-9-5-4-8-14(15)2)13-19-12-7-6-10-17(19)20/h4-5,8-9,16,18H,3,6-7,10-13H2,1-2H3. The van der Waals surface area contributed by atoms with Crippen LogP contribution in [0.5, 0.6) is 0 Å². The van der Waals surface area contributed by atoms with Gasteiger partial charge in [0, 0.05) is 19.5 Å². The van der Waals surface area contributed by atoms with E-state index in [1.807, 2.05) is 4.90 Å². The van der Waals surface area contributed by atoms with E-state index in [1.165, 1.54) is 11.1 Å². The van der Waals surface area contributed by atoms with E-state index in [0.717, 1.165) is 38.9 Å². The van der Waals surface area contributed by atoms with Gasteiger partial charge in [-0.15, -0.1) is 0 Å². The van der Waals surface area contributed by atoms with Crippen molar-refractivity contribution in [3.63, 3.8) is 0 Å². The van der Waals surface area contributed by atoms with Crippen LogP contribution in [0.25, 0.3) is 0 Å². The Labute approximate surface area is 122 Å². The van der Waals surface area contributed by atoms with Gasteiger partial charge in [-0.3, -0.25) is 4.79 Å². The molecule has 20 heavy (non-hydrogen) atoms. The molecule has 1 fully saturated rings. The van der Waals surface area contributed by atoms with Gasteiger partial charge in [0.05, 0.1) is 6.04 Å². The molecule has 2 rings (SSSR count). The lowest BCUT2D eigenvalue weighted by atomic mass is 9.99. The Hall–Kier alpha value is -1.35. The topological polar surface area (TPSA) is 32.3 Å². The van der Waals surface area contributed by atoms with E-state index in [2.05, 4.69) is 43.4 Å². The molecular weight excluding hydrogens is 248 g/mol. The zero-order valence-corrected chi connectivity index (χ0v) is 12.7. The highest BCUT2D eigenvalue weighted by Crippen LogP contribution is 2.21. The molecule has 1 aliphatic heterocycles. The first-order chi connectivity index (χ1) is 9.72. The molecule has 0 aromatic heterocycles. The summed E-state index contributed by atoms with van der Waals surface area (Å²) in [6.45, 7) is 7.02. The SMILES string of the molecule is CCCNC(CN1CCCCC1=O)c1ccccc1C. The van der Waals surface area contributed by atoms with E-state index in [4.69, 9.17) is 0 Å². The molecule has 1 aromatic rings. The van der Waals surface area contributed by atoms with Crippen molar-refractivity contribution in [1.82, 2.24) is 10.2 Å². The van der Waals surface area contributed by atoms with Gasteiger partial charge < -0.3 is 10.2 Å². The Bertz CT molecular complexity index is 444. The van der Waals surface area contributed by atoms with Crippen molar-refractivity contribution >= 4 is 5.91 Å². The van der Waals surface area contributed by atoms with Crippen molar-refractivity contribution in [2.45, 2.75) is 45.6 Å². The maximum absolute atomic E-state index is 12.0. The van der Waals surface area contributed by atoms with Gasteiger partial charge in [-0.1, -0.05) is 31.2 Å². The van der Waals surface area contributed by atoms with Crippen LogP contribution in [-0.2, 0) is 4.79 Å². The molecule has 0 aliphatic carbocycles. The van der Waals surface area contributed by atoms with Crippen LogP contribution in [0.15, 0.2) is 24.3 Å². The van der Waals surface area contributed by atoms with Gasteiger partial charge in [-0.2, -0.15) is 0 Å². The number of amides is 1. The summed E-state index contributed by atoms with van der Waals surface area (Å²) in [7, 11) is 0. The smallest absolute Gasteiger partial charge is 0.222 e. The van der Waals surface area contributed by atoms with Crippen LogP contribution in [-0.4, -0.2) is 30.4 Å². The molecule has 1 N–H and O–H groups in total. The lowest BCUT2D eigenvalue weighted by molar-refractivity contribution is -0.133. The van der Waals surface area contributed by atoms with Crippen molar-refractivity contribution in [2.24, 2.45) is 0 Å². The second-order valence-electron chi connectivity index (χ2n) is 5.66. The normalized spacial score (nSPS) is 17.3. The highest BCUT2D eigenvalue weighted by atomic mass is 16.2. The predicted molar refractivity (Wildman–Crippen MR) is 82.6 cm³/mol. The highest BCUT2D eigenvalue weighted by Gasteiger charge is 2.22. The number of benzene rings is 1. The van der Waals surface area contributed by atoms with E-state index in [9.17, 15) is 4.79 Å². The fourth-order valence-corrected chi connectivity index (χ4v) is 2.84. The number of hydrogen-bond donors (Lipinski definition) is 1. The monoisotopic (exact) mass is 274 g/mol. The summed E-state index contributed by atoms with van der Waals surface area (Å²) in [5.41, 5.74) is 2.62. The lowest BCUT2D eigenvalue weighted by Crippen LogP contribution is -2.41. The van der Waals surface area contributed by atoms with Gasteiger partial charge >= 0.3 is 0 Å². The molecule has 3 heteroatoms. The Morgan fingerprint density at radius 1 is 1.30 bits per heavy atom. The fraction of sp³-hybridized carbons (Fsp3) is 0.588. The summed E-state index contributed by atoms with van der Waals surface area (Å²) in [5.74, 6) is 0.313. The maximum atomic E-state index is 12.0. The van der Waals surface area contributed by atoms with Gasteiger partial charge in [0.2, 0.25) is 5.91 Å². The second-order valence-corrected chi connectivity index (χ2v) is 5.66. The van der Waals surface area contributed by atoms with Crippen LogP contribution in [0.2, 0.25) is 0 Å². The molecule has 1 saturated heterocycles. The maximum Gasteiger partial charge on any atom is 0.222 e. The number of carbonyl (C=O) groups excluding carboxylic acids is 1. The Morgan fingerprint density at radius 3 is 2.80 bits per heavy atom. The third kappa shape index (κ3) is 3.83. The van der Waals surface area contributed by atoms with E-state index in [0.29, 0.717) is 12.3 Å². The molecule has 1 atom stereocenters. The number of nitrogens with zero attached hydrogens (tertiary/aromatic N) is 1. The van der Waals surface area contributed by atoms with Crippen LogP contribution < -0.4 is 5.32 Å². The fourth-order valence-electron chi connectivity index (χ4n) is 2.84. The number of nitrogens with one attached hydrogen (secondary N) is 1. The summed E-state index contributed by atoms with van der Waals surface area (Å²) >= 11 is 0. The number of carbonyl (C=O) groups is 1. The molecule has 1 unspecified atom stereocenters. The molecule has 0 bridgehead atoms. The van der Waals surface area contributed by atoms with Gasteiger partial charge in [0.25, 0.3) is 0 Å². The summed E-state index contributed by atoms with van der Waals surface area (Å²) in [6.07, 6.45) is 4.01. The first kappa shape index (κ1) is 15.0. The average molecular weight is 274 g/mol. The molecule has 0 spiro atoms. The molecule has 1 aromatic carbocycles. The second kappa shape index (κ2) is 7.44. The first-order valence-electron chi connectivity index (χ1n) is 7.79. The molecule has 110 valence electrons. The van der Waals surface area contributed by atoms with Crippen molar-refractivity contribution in [2.75, 3.05) is 19.6 Å². The molecule has 1 amide bonds. The van der Waals surface area contributed by atoms with Crippen LogP contribution in [0.4, 0.5) is 0 Å². The zero-order chi connectivity index (χ0) is 14.4. The van der Waals surface area contributed by atoms with E-state index < -0.39 is 0 Å². The molecule has 1 aliphatic rings. The molecule has 1 heterocycles. The number of aryl methyl sites for hydroxylation is 1. The molecule has 0 radical (unpaired) electrons. The Kier molecular flexibility index (Phi) is 5.60. The van der Waals surface area contributed by atoms with Crippen molar-refractivity contribution < 1.29 is 4.79 Å². The summed E-state index contributed by atoms with van der Waals surface area (Å²) in [6, 6.07) is 8.73. The number of hydrogen-bond acceptors (Lipinski definition) is 2. The van der Waals surface area contributed by atoms with Crippen LogP contribution in [0.3, 0.4) is 0 Å². The lowest BCUT2D eigenvalue weighted by Gasteiger charge is -2.32. The molecular formula is C17H26N2O. The van der Waals surface area contributed by atoms with Crippen molar-refractivity contribution in [3.05, 3.63) is 35.4 Å². The van der Waals surface area contributed by atoms with Gasteiger partial charge in [-0.25, -0.2) is 0 Å². The number of rotatable bonds is 6. The average Bonchev–Trinajstić information content (AvgIpc) is 2.46. The van der Waals surface area contributed by atoms with Crippen molar-refractivity contribution in [1.29, 1.82) is 0 Å². The first-order valence-corrected chi connectivity index (χ1v) is 7.79. The predicted octanol–water partition coefficient (Wildman–Crippen LogP) is 3.05. The van der Waals surface area contributed by atoms with E-state index in [-0.39, 0.29) is 6.04 Å².